The van der Waals surface area contributed by atoms with Gasteiger partial charge in [-0.25, -0.2) is 4.98 Å². The molecule has 0 saturated carbocycles. The second kappa shape index (κ2) is 7.42. The van der Waals surface area contributed by atoms with Gasteiger partial charge in [0.2, 0.25) is 5.95 Å². The van der Waals surface area contributed by atoms with Crippen molar-refractivity contribution in [2.75, 3.05) is 12.4 Å². The summed E-state index contributed by atoms with van der Waals surface area (Å²) in [6.07, 6.45) is 1.59. The molecular formula is C20H18Cl2N6O. The zero-order chi connectivity index (χ0) is 20.7. The van der Waals surface area contributed by atoms with Gasteiger partial charge in [0.1, 0.15) is 0 Å². The number of aromatic nitrogens is 3. The molecule has 0 atom stereocenters. The van der Waals surface area contributed by atoms with Gasteiger partial charge in [-0.15, -0.1) is 0 Å². The molecule has 0 aliphatic rings. The number of pyridine rings is 1. The van der Waals surface area contributed by atoms with Crippen LogP contribution >= 0.6 is 23.2 Å². The molecule has 0 aliphatic carbocycles. The van der Waals surface area contributed by atoms with Crippen LogP contribution in [0.15, 0.2) is 40.2 Å². The number of fused-ring (bicyclic) bond motifs is 3. The van der Waals surface area contributed by atoms with Crippen molar-refractivity contribution in [2.24, 2.45) is 12.1 Å². The SMILES string of the molecule is CN/N=C\c1[nH]c(=O)c2c(ccc3nc(Nc4c(Cl)cccc4Cl)n(C)c32)c1C. The lowest BCUT2D eigenvalue weighted by Crippen LogP contribution is -2.13. The van der Waals surface area contributed by atoms with E-state index in [2.05, 4.69) is 25.8 Å². The zero-order valence-corrected chi connectivity index (χ0v) is 17.5. The number of aryl methyl sites for hydroxylation is 2. The number of rotatable bonds is 4. The molecule has 0 radical (unpaired) electrons. The maximum absolute atomic E-state index is 12.9. The quantitative estimate of drug-likeness (QED) is 0.333. The van der Waals surface area contributed by atoms with E-state index >= 15 is 0 Å². The Morgan fingerprint density at radius 2 is 1.93 bits per heavy atom. The van der Waals surface area contributed by atoms with E-state index in [0.717, 1.165) is 16.5 Å². The number of hydrazone groups is 1. The normalized spacial score (nSPS) is 11.6. The first-order chi connectivity index (χ1) is 13.9. The highest BCUT2D eigenvalue weighted by molar-refractivity contribution is 6.39. The summed E-state index contributed by atoms with van der Waals surface area (Å²) in [5.74, 6) is 0.528. The number of para-hydroxylation sites is 1. The minimum Gasteiger partial charge on any atom is -0.323 e. The molecule has 0 amide bonds. The van der Waals surface area contributed by atoms with E-state index in [1.165, 1.54) is 0 Å². The monoisotopic (exact) mass is 428 g/mol. The minimum absolute atomic E-state index is 0.209. The third kappa shape index (κ3) is 3.22. The van der Waals surface area contributed by atoms with E-state index in [9.17, 15) is 4.79 Å². The highest BCUT2D eigenvalue weighted by Gasteiger charge is 2.17. The number of hydrogen-bond donors (Lipinski definition) is 3. The van der Waals surface area contributed by atoms with E-state index in [0.29, 0.717) is 38.3 Å². The van der Waals surface area contributed by atoms with Gasteiger partial charge >= 0.3 is 0 Å². The van der Waals surface area contributed by atoms with Gasteiger partial charge < -0.3 is 20.3 Å². The first-order valence-corrected chi connectivity index (χ1v) is 9.60. The number of hydrogen-bond acceptors (Lipinski definition) is 5. The fourth-order valence-electron chi connectivity index (χ4n) is 3.37. The van der Waals surface area contributed by atoms with Crippen molar-refractivity contribution in [1.29, 1.82) is 0 Å². The van der Waals surface area contributed by atoms with Crippen LogP contribution in [0.25, 0.3) is 21.8 Å². The summed E-state index contributed by atoms with van der Waals surface area (Å²) < 4.78 is 1.83. The Labute approximate surface area is 176 Å². The highest BCUT2D eigenvalue weighted by Crippen LogP contribution is 2.34. The van der Waals surface area contributed by atoms with Crippen LogP contribution in [0.1, 0.15) is 11.3 Å². The fourth-order valence-corrected chi connectivity index (χ4v) is 3.86. The van der Waals surface area contributed by atoms with Gasteiger partial charge in [-0.2, -0.15) is 5.10 Å². The van der Waals surface area contributed by atoms with Crippen molar-refractivity contribution in [2.45, 2.75) is 6.92 Å². The van der Waals surface area contributed by atoms with Gasteiger partial charge in [0.05, 0.1) is 44.1 Å². The van der Waals surface area contributed by atoms with Crippen molar-refractivity contribution in [3.05, 3.63) is 62.0 Å². The lowest BCUT2D eigenvalue weighted by Gasteiger charge is -2.10. The highest BCUT2D eigenvalue weighted by atomic mass is 35.5. The van der Waals surface area contributed by atoms with Crippen LogP contribution < -0.4 is 16.3 Å². The molecule has 0 unspecified atom stereocenters. The Hall–Kier alpha value is -3.03. The van der Waals surface area contributed by atoms with E-state index in [1.54, 1.807) is 31.5 Å². The molecular weight excluding hydrogens is 411 g/mol. The molecule has 9 heteroatoms. The maximum Gasteiger partial charge on any atom is 0.258 e. The minimum atomic E-state index is -0.209. The number of halogens is 2. The van der Waals surface area contributed by atoms with Gasteiger partial charge in [-0.1, -0.05) is 35.3 Å². The van der Waals surface area contributed by atoms with Crippen LogP contribution in [0, 0.1) is 6.92 Å². The smallest absolute Gasteiger partial charge is 0.258 e. The summed E-state index contributed by atoms with van der Waals surface area (Å²) in [6, 6.07) is 9.06. The molecule has 4 aromatic rings. The number of imidazole rings is 1. The summed E-state index contributed by atoms with van der Waals surface area (Å²) in [4.78, 5) is 20.4. The van der Waals surface area contributed by atoms with E-state index in [4.69, 9.17) is 23.2 Å². The van der Waals surface area contributed by atoms with Gasteiger partial charge in [0, 0.05) is 14.1 Å². The summed E-state index contributed by atoms with van der Waals surface area (Å²) in [5.41, 5.74) is 6.02. The van der Waals surface area contributed by atoms with Crippen molar-refractivity contribution in [1.82, 2.24) is 20.0 Å². The van der Waals surface area contributed by atoms with Crippen molar-refractivity contribution in [3.63, 3.8) is 0 Å². The number of nitrogens with zero attached hydrogens (tertiary/aromatic N) is 3. The fraction of sp³-hybridized carbons (Fsp3) is 0.150. The van der Waals surface area contributed by atoms with Crippen LogP contribution in [0.3, 0.4) is 0 Å². The van der Waals surface area contributed by atoms with Crippen LogP contribution in [0.5, 0.6) is 0 Å². The van der Waals surface area contributed by atoms with Crippen LogP contribution in [0.4, 0.5) is 11.6 Å². The molecule has 0 bridgehead atoms. The average Bonchev–Trinajstić information content (AvgIpc) is 3.02. The number of anilines is 2. The molecule has 3 N–H and O–H groups in total. The number of benzene rings is 2. The second-order valence-electron chi connectivity index (χ2n) is 6.55. The zero-order valence-electron chi connectivity index (χ0n) is 16.0. The summed E-state index contributed by atoms with van der Waals surface area (Å²) in [6.45, 7) is 1.94. The Bertz CT molecular complexity index is 1320. The van der Waals surface area contributed by atoms with Gasteiger partial charge in [0.25, 0.3) is 5.56 Å². The summed E-state index contributed by atoms with van der Waals surface area (Å²) in [7, 11) is 3.54. The summed E-state index contributed by atoms with van der Waals surface area (Å²) in [5, 5.41) is 9.55. The third-order valence-corrected chi connectivity index (χ3v) is 5.47. The lowest BCUT2D eigenvalue weighted by atomic mass is 10.0. The lowest BCUT2D eigenvalue weighted by molar-refractivity contribution is 0.906. The first kappa shape index (κ1) is 19.3. The second-order valence-corrected chi connectivity index (χ2v) is 7.36. The van der Waals surface area contributed by atoms with Gasteiger partial charge in [0.15, 0.2) is 0 Å². The molecule has 148 valence electrons. The van der Waals surface area contributed by atoms with Crippen LogP contribution in [0.2, 0.25) is 10.0 Å². The van der Waals surface area contributed by atoms with E-state index < -0.39 is 0 Å². The molecule has 0 aliphatic heterocycles. The molecule has 7 nitrogen and oxygen atoms in total. The van der Waals surface area contributed by atoms with Crippen LogP contribution in [-0.2, 0) is 7.05 Å². The molecule has 0 saturated heterocycles. The Kier molecular flexibility index (Phi) is 4.94. The largest absolute Gasteiger partial charge is 0.323 e. The molecule has 2 aromatic heterocycles. The van der Waals surface area contributed by atoms with Crippen molar-refractivity contribution in [3.8, 4) is 0 Å². The number of H-pyrrole nitrogens is 1. The predicted molar refractivity (Wildman–Crippen MR) is 120 cm³/mol. The van der Waals surface area contributed by atoms with Crippen LogP contribution in [-0.4, -0.2) is 27.8 Å². The molecule has 4 rings (SSSR count). The molecule has 2 aromatic carbocycles. The molecule has 2 heterocycles. The maximum atomic E-state index is 12.9. The number of aromatic amines is 1. The summed E-state index contributed by atoms with van der Waals surface area (Å²) >= 11 is 12.5. The average molecular weight is 429 g/mol. The standard InChI is InChI=1S/C20H18Cl2N6O/c1-10-11-7-8-14-18(16(11)19(29)25-15(10)9-24-23-2)28(3)20(26-14)27-17-12(21)5-4-6-13(17)22/h4-9,23H,1-3H3,(H,25,29)(H,26,27)/b24-9-. The number of nitrogens with one attached hydrogen (secondary N) is 3. The Morgan fingerprint density at radius 1 is 1.21 bits per heavy atom. The van der Waals surface area contributed by atoms with Gasteiger partial charge in [-0.3, -0.25) is 4.79 Å². The van der Waals surface area contributed by atoms with Gasteiger partial charge in [-0.05, 0) is 36.1 Å². The predicted octanol–water partition coefficient (Wildman–Crippen LogP) is 4.33. The molecule has 0 fully saturated rings. The Morgan fingerprint density at radius 3 is 2.62 bits per heavy atom. The molecule has 29 heavy (non-hydrogen) atoms. The molecule has 0 spiro atoms. The Balaban J connectivity index is 1.95. The van der Waals surface area contributed by atoms with Crippen molar-refractivity contribution < 1.29 is 0 Å². The first-order valence-electron chi connectivity index (χ1n) is 8.85. The topological polar surface area (TPSA) is 87.1 Å². The van der Waals surface area contributed by atoms with Crippen molar-refractivity contribution >= 4 is 62.9 Å². The van der Waals surface area contributed by atoms with E-state index in [1.807, 2.05) is 30.7 Å². The third-order valence-electron chi connectivity index (χ3n) is 4.84. The van der Waals surface area contributed by atoms with E-state index in [-0.39, 0.29) is 5.56 Å².